The number of amides is 4. The van der Waals surface area contributed by atoms with E-state index in [4.69, 9.17) is 15.9 Å². The number of aliphatic hydroxyl groups excluding tert-OH is 2. The van der Waals surface area contributed by atoms with E-state index in [1.165, 1.54) is 20.8 Å². The van der Waals surface area contributed by atoms with Gasteiger partial charge in [0.1, 0.15) is 30.2 Å². The Morgan fingerprint density at radius 3 is 1.59 bits per heavy atom. The first-order valence-electron chi connectivity index (χ1n) is 10.2. The smallest absolute Gasteiger partial charge is 0.328 e. The molecule has 32 heavy (non-hydrogen) atoms. The van der Waals surface area contributed by atoms with Crippen LogP contribution in [0.25, 0.3) is 0 Å². The lowest BCUT2D eigenvalue weighted by Gasteiger charge is -2.24. The maximum atomic E-state index is 12.5. The Balaban J connectivity index is 5.03. The van der Waals surface area contributed by atoms with E-state index >= 15 is 0 Å². The van der Waals surface area contributed by atoms with Gasteiger partial charge in [-0.1, -0.05) is 13.8 Å². The van der Waals surface area contributed by atoms with Crippen LogP contribution >= 0.6 is 0 Å². The third-order valence-corrected chi connectivity index (χ3v) is 4.46. The van der Waals surface area contributed by atoms with Gasteiger partial charge in [0.2, 0.25) is 23.6 Å². The van der Waals surface area contributed by atoms with Crippen molar-refractivity contribution in [1.82, 2.24) is 21.3 Å². The summed E-state index contributed by atoms with van der Waals surface area (Å²) >= 11 is 0. The Morgan fingerprint density at radius 2 is 1.19 bits per heavy atom. The van der Waals surface area contributed by atoms with E-state index in [9.17, 15) is 29.1 Å². The van der Waals surface area contributed by atoms with Crippen LogP contribution in [0.1, 0.15) is 41.0 Å². The highest BCUT2D eigenvalue weighted by molar-refractivity contribution is 5.95. The van der Waals surface area contributed by atoms with Gasteiger partial charge in [-0.2, -0.15) is 0 Å². The van der Waals surface area contributed by atoms with E-state index in [2.05, 4.69) is 21.3 Å². The number of nitrogens with two attached hydrogens (primary N) is 1. The summed E-state index contributed by atoms with van der Waals surface area (Å²) in [6.07, 6.45) is -0.940. The van der Waals surface area contributed by atoms with Crippen LogP contribution in [0.4, 0.5) is 0 Å². The summed E-state index contributed by atoms with van der Waals surface area (Å²) in [5.41, 5.74) is 5.50. The summed E-state index contributed by atoms with van der Waals surface area (Å²) in [6.45, 7) is 6.81. The number of carbonyl (C=O) groups excluding carboxylic acids is 4. The van der Waals surface area contributed by atoms with E-state index in [0.29, 0.717) is 0 Å². The van der Waals surface area contributed by atoms with Crippen molar-refractivity contribution in [2.24, 2.45) is 11.7 Å². The second-order valence-electron chi connectivity index (χ2n) is 8.00. The Hall–Kier alpha value is -2.77. The molecule has 4 amide bonds. The predicted octanol–water partition coefficient (Wildman–Crippen LogP) is -3.20. The number of carboxylic acid groups (broad SMARTS) is 1. The average Bonchev–Trinajstić information content (AvgIpc) is 2.69. The molecule has 0 aromatic carbocycles. The molecular formula is C19H35N5O8. The van der Waals surface area contributed by atoms with Crippen molar-refractivity contribution >= 4 is 29.6 Å². The van der Waals surface area contributed by atoms with Gasteiger partial charge in [0.25, 0.3) is 0 Å². The Kier molecular flexibility index (Phi) is 12.4. The Morgan fingerprint density at radius 1 is 0.750 bits per heavy atom. The molecule has 0 aromatic rings. The van der Waals surface area contributed by atoms with Crippen LogP contribution in [-0.4, -0.2) is 87.8 Å². The maximum absolute atomic E-state index is 12.5. The van der Waals surface area contributed by atoms with Crippen molar-refractivity contribution < 1.29 is 39.3 Å². The molecule has 0 saturated heterocycles. The third kappa shape index (κ3) is 10.0. The monoisotopic (exact) mass is 461 g/mol. The molecule has 13 nitrogen and oxygen atoms in total. The largest absolute Gasteiger partial charge is 0.480 e. The second kappa shape index (κ2) is 13.6. The fourth-order valence-electron chi connectivity index (χ4n) is 2.46. The summed E-state index contributed by atoms with van der Waals surface area (Å²) in [6, 6.07) is -6.00. The van der Waals surface area contributed by atoms with Crippen molar-refractivity contribution in [2.45, 2.75) is 77.4 Å². The number of nitrogens with one attached hydrogen (secondary N) is 4. The molecule has 0 bridgehead atoms. The lowest BCUT2D eigenvalue weighted by molar-refractivity contribution is -0.143. The predicted molar refractivity (Wildman–Crippen MR) is 113 cm³/mol. The summed E-state index contributed by atoms with van der Waals surface area (Å²) in [5, 5.41) is 36.7. The van der Waals surface area contributed by atoms with Gasteiger partial charge in [0.05, 0.1) is 12.7 Å². The number of carboxylic acids is 1. The zero-order chi connectivity index (χ0) is 25.2. The maximum Gasteiger partial charge on any atom is 0.328 e. The number of aliphatic carboxylic acids is 1. The number of aliphatic hydroxyl groups is 2. The van der Waals surface area contributed by atoms with Crippen molar-refractivity contribution in [1.29, 1.82) is 0 Å². The van der Waals surface area contributed by atoms with Crippen molar-refractivity contribution in [3.05, 3.63) is 0 Å². The van der Waals surface area contributed by atoms with Crippen molar-refractivity contribution in [3.63, 3.8) is 0 Å². The van der Waals surface area contributed by atoms with Crippen LogP contribution in [0.5, 0.6) is 0 Å². The molecule has 0 aliphatic carbocycles. The van der Waals surface area contributed by atoms with Gasteiger partial charge >= 0.3 is 5.97 Å². The number of hydrogen-bond acceptors (Lipinski definition) is 8. The molecule has 0 aliphatic heterocycles. The van der Waals surface area contributed by atoms with Crippen LogP contribution in [0.15, 0.2) is 0 Å². The fourth-order valence-corrected chi connectivity index (χ4v) is 2.46. The highest BCUT2D eigenvalue weighted by Gasteiger charge is 2.29. The van der Waals surface area contributed by atoms with Crippen LogP contribution in [0.2, 0.25) is 0 Å². The van der Waals surface area contributed by atoms with Gasteiger partial charge in [-0.05, 0) is 33.1 Å². The van der Waals surface area contributed by atoms with E-state index in [1.807, 2.05) is 0 Å². The third-order valence-electron chi connectivity index (χ3n) is 4.46. The molecular weight excluding hydrogens is 426 g/mol. The van der Waals surface area contributed by atoms with Gasteiger partial charge < -0.3 is 42.3 Å². The zero-order valence-corrected chi connectivity index (χ0v) is 18.9. The zero-order valence-electron chi connectivity index (χ0n) is 18.9. The number of rotatable bonds is 13. The minimum atomic E-state index is -1.52. The molecule has 9 N–H and O–H groups in total. The van der Waals surface area contributed by atoms with Crippen LogP contribution in [0, 0.1) is 5.92 Å². The molecule has 0 spiro atoms. The summed E-state index contributed by atoms with van der Waals surface area (Å²) in [7, 11) is 0. The van der Waals surface area contributed by atoms with Gasteiger partial charge in [0.15, 0.2) is 0 Å². The Labute approximate surface area is 186 Å². The summed E-state index contributed by atoms with van der Waals surface area (Å²) in [5.74, 6) is -4.42. The summed E-state index contributed by atoms with van der Waals surface area (Å²) in [4.78, 5) is 60.0. The minimum Gasteiger partial charge on any atom is -0.480 e. The molecule has 0 rings (SSSR count). The minimum absolute atomic E-state index is 0.0401. The van der Waals surface area contributed by atoms with Gasteiger partial charge in [0, 0.05) is 0 Å². The van der Waals surface area contributed by atoms with E-state index in [0.717, 1.165) is 0 Å². The molecule has 0 heterocycles. The average molecular weight is 462 g/mol. The highest BCUT2D eigenvalue weighted by atomic mass is 16.4. The van der Waals surface area contributed by atoms with Crippen molar-refractivity contribution in [2.75, 3.05) is 6.61 Å². The second-order valence-corrected chi connectivity index (χ2v) is 8.00. The fraction of sp³-hybridized carbons (Fsp3) is 0.737. The Bertz CT molecular complexity index is 685. The van der Waals surface area contributed by atoms with Gasteiger partial charge in [-0.3, -0.25) is 19.2 Å². The van der Waals surface area contributed by atoms with Crippen LogP contribution in [-0.2, 0) is 24.0 Å². The molecule has 0 aromatic heterocycles. The highest BCUT2D eigenvalue weighted by Crippen LogP contribution is 2.06. The molecule has 0 aliphatic rings. The SMILES string of the molecule is CC(C)C[C@H](NC(=O)[C@H](C)NC(=O)[C@H](C)NC(=O)[C@@H](N)[C@@H](C)O)C(=O)N[C@@H](CO)C(=O)O. The lowest BCUT2D eigenvalue weighted by atomic mass is 10.0. The quantitative estimate of drug-likeness (QED) is 0.138. The normalized spacial score (nSPS) is 16.7. The first-order valence-corrected chi connectivity index (χ1v) is 10.2. The van der Waals surface area contributed by atoms with Crippen LogP contribution < -0.4 is 27.0 Å². The van der Waals surface area contributed by atoms with Crippen molar-refractivity contribution in [3.8, 4) is 0 Å². The van der Waals surface area contributed by atoms with Crippen LogP contribution in [0.3, 0.4) is 0 Å². The molecule has 13 heteroatoms. The molecule has 0 fully saturated rings. The van der Waals surface area contributed by atoms with Gasteiger partial charge in [-0.25, -0.2) is 4.79 Å². The lowest BCUT2D eigenvalue weighted by Crippen LogP contribution is -2.58. The van der Waals surface area contributed by atoms with E-state index in [-0.39, 0.29) is 12.3 Å². The topological polar surface area (TPSA) is 220 Å². The molecule has 6 atom stereocenters. The first kappa shape index (κ1) is 29.2. The molecule has 184 valence electrons. The molecule has 0 saturated carbocycles. The number of carbonyl (C=O) groups is 5. The molecule has 0 radical (unpaired) electrons. The number of hydrogen-bond donors (Lipinski definition) is 8. The van der Waals surface area contributed by atoms with E-state index in [1.54, 1.807) is 13.8 Å². The standard InChI is InChI=1S/C19H35N5O8/c1-8(2)6-12(17(29)24-13(7-25)19(31)32)23-16(28)10(4)21-15(27)9(3)22-18(30)14(20)11(5)26/h8-14,25-26H,6-7,20H2,1-5H3,(H,21,27)(H,22,30)(H,23,28)(H,24,29)(H,31,32)/t9-,10-,11+,12-,13-,14-/m0/s1. The van der Waals surface area contributed by atoms with Gasteiger partial charge in [-0.15, -0.1) is 0 Å². The van der Waals surface area contributed by atoms with E-state index < -0.39 is 72.5 Å². The summed E-state index contributed by atoms with van der Waals surface area (Å²) < 4.78 is 0. The first-order chi connectivity index (χ1) is 14.7. The molecule has 0 unspecified atom stereocenters.